The molecule has 2 heterocycles. The van der Waals surface area contributed by atoms with E-state index in [-0.39, 0.29) is 18.2 Å². The Hall–Kier alpha value is -3.81. The first kappa shape index (κ1) is 19.5. The molecular weight excluding hydrogens is 384 g/mol. The quantitative estimate of drug-likeness (QED) is 0.654. The molecule has 154 valence electrons. The molecule has 0 bridgehead atoms. The second kappa shape index (κ2) is 7.90. The SMILES string of the molecule is COc1ccc(NC(=O)CC2C(=O)Nc3c(-c4cccc(OC)c4)c(C)nn32)cc1. The van der Waals surface area contributed by atoms with Gasteiger partial charge in [-0.1, -0.05) is 12.1 Å². The normalized spacial score (nSPS) is 14.8. The van der Waals surface area contributed by atoms with Gasteiger partial charge in [0.2, 0.25) is 5.91 Å². The number of carbonyl (C=O) groups excluding carboxylic acids is 2. The van der Waals surface area contributed by atoms with E-state index in [0.717, 1.165) is 16.8 Å². The van der Waals surface area contributed by atoms with E-state index in [0.29, 0.717) is 23.0 Å². The Morgan fingerprint density at radius 2 is 1.87 bits per heavy atom. The van der Waals surface area contributed by atoms with Crippen LogP contribution in [0.25, 0.3) is 11.1 Å². The van der Waals surface area contributed by atoms with Crippen LogP contribution in [-0.4, -0.2) is 35.8 Å². The Bertz CT molecular complexity index is 1100. The Balaban J connectivity index is 1.56. The number of fused-ring (bicyclic) bond motifs is 1. The van der Waals surface area contributed by atoms with E-state index in [2.05, 4.69) is 15.7 Å². The van der Waals surface area contributed by atoms with Gasteiger partial charge in [-0.05, 0) is 48.9 Å². The number of nitrogens with zero attached hydrogens (tertiary/aromatic N) is 2. The lowest BCUT2D eigenvalue weighted by molar-refractivity contribution is -0.123. The van der Waals surface area contributed by atoms with Crippen LogP contribution in [0.5, 0.6) is 11.5 Å². The Kier molecular flexibility index (Phi) is 5.14. The molecule has 1 atom stereocenters. The van der Waals surface area contributed by atoms with Crippen molar-refractivity contribution in [3.63, 3.8) is 0 Å². The minimum Gasteiger partial charge on any atom is -0.497 e. The van der Waals surface area contributed by atoms with Crippen molar-refractivity contribution in [2.75, 3.05) is 24.9 Å². The van der Waals surface area contributed by atoms with Gasteiger partial charge in [0.15, 0.2) is 0 Å². The highest BCUT2D eigenvalue weighted by Gasteiger charge is 2.36. The molecule has 30 heavy (non-hydrogen) atoms. The Morgan fingerprint density at radius 3 is 2.57 bits per heavy atom. The number of hydrogen-bond acceptors (Lipinski definition) is 5. The third kappa shape index (κ3) is 3.59. The van der Waals surface area contributed by atoms with Gasteiger partial charge in [0.25, 0.3) is 5.91 Å². The number of methoxy groups -OCH3 is 2. The van der Waals surface area contributed by atoms with Crippen molar-refractivity contribution in [1.82, 2.24) is 9.78 Å². The minimum atomic E-state index is -0.712. The molecular formula is C22H22N4O4. The van der Waals surface area contributed by atoms with Gasteiger partial charge in [-0.2, -0.15) is 5.10 Å². The average molecular weight is 406 g/mol. The molecule has 0 spiro atoms. The maximum absolute atomic E-state index is 12.6. The third-order valence-corrected chi connectivity index (χ3v) is 5.04. The summed E-state index contributed by atoms with van der Waals surface area (Å²) in [4.78, 5) is 25.1. The van der Waals surface area contributed by atoms with Crippen molar-refractivity contribution in [3.05, 3.63) is 54.2 Å². The van der Waals surface area contributed by atoms with Crippen LogP contribution in [0.2, 0.25) is 0 Å². The van der Waals surface area contributed by atoms with Crippen LogP contribution in [-0.2, 0) is 9.59 Å². The number of nitrogens with one attached hydrogen (secondary N) is 2. The van der Waals surface area contributed by atoms with Crippen LogP contribution in [0.15, 0.2) is 48.5 Å². The summed E-state index contributed by atoms with van der Waals surface area (Å²) in [6, 6.07) is 13.9. The summed E-state index contributed by atoms with van der Waals surface area (Å²) >= 11 is 0. The highest BCUT2D eigenvalue weighted by molar-refractivity contribution is 6.04. The minimum absolute atomic E-state index is 0.0243. The molecule has 1 unspecified atom stereocenters. The summed E-state index contributed by atoms with van der Waals surface area (Å²) in [6.07, 6.45) is -0.0243. The summed E-state index contributed by atoms with van der Waals surface area (Å²) in [5.41, 5.74) is 3.10. The molecule has 0 aliphatic carbocycles. The number of anilines is 2. The fraction of sp³-hybridized carbons (Fsp3) is 0.227. The third-order valence-electron chi connectivity index (χ3n) is 5.04. The van der Waals surface area contributed by atoms with E-state index in [1.807, 2.05) is 31.2 Å². The molecule has 0 fully saturated rings. The van der Waals surface area contributed by atoms with Gasteiger partial charge >= 0.3 is 0 Å². The van der Waals surface area contributed by atoms with Crippen LogP contribution in [0.3, 0.4) is 0 Å². The largest absolute Gasteiger partial charge is 0.497 e. The molecule has 0 saturated carbocycles. The van der Waals surface area contributed by atoms with E-state index >= 15 is 0 Å². The second-order valence-corrected chi connectivity index (χ2v) is 6.97. The van der Waals surface area contributed by atoms with Crippen LogP contribution in [0.1, 0.15) is 18.2 Å². The van der Waals surface area contributed by atoms with Gasteiger partial charge in [-0.15, -0.1) is 0 Å². The van der Waals surface area contributed by atoms with Crippen LogP contribution in [0, 0.1) is 6.92 Å². The van der Waals surface area contributed by atoms with Crippen molar-refractivity contribution in [1.29, 1.82) is 0 Å². The fourth-order valence-electron chi connectivity index (χ4n) is 3.57. The first-order chi connectivity index (χ1) is 14.5. The number of rotatable bonds is 6. The van der Waals surface area contributed by atoms with Crippen molar-refractivity contribution >= 4 is 23.3 Å². The summed E-state index contributed by atoms with van der Waals surface area (Å²) in [5, 5.41) is 10.2. The zero-order valence-electron chi connectivity index (χ0n) is 16.9. The first-order valence-corrected chi connectivity index (χ1v) is 9.48. The van der Waals surface area contributed by atoms with Gasteiger partial charge in [-0.3, -0.25) is 9.59 Å². The lowest BCUT2D eigenvalue weighted by Gasteiger charge is -2.10. The maximum Gasteiger partial charge on any atom is 0.251 e. The Labute approximate surface area is 173 Å². The van der Waals surface area contributed by atoms with Crippen LogP contribution >= 0.6 is 0 Å². The fourth-order valence-corrected chi connectivity index (χ4v) is 3.57. The van der Waals surface area contributed by atoms with Gasteiger partial charge in [0, 0.05) is 11.3 Å². The number of aromatic nitrogens is 2. The highest BCUT2D eigenvalue weighted by atomic mass is 16.5. The second-order valence-electron chi connectivity index (χ2n) is 6.97. The smallest absolute Gasteiger partial charge is 0.251 e. The molecule has 8 nitrogen and oxygen atoms in total. The monoisotopic (exact) mass is 406 g/mol. The van der Waals surface area contributed by atoms with E-state index in [9.17, 15) is 9.59 Å². The summed E-state index contributed by atoms with van der Waals surface area (Å²) in [6.45, 7) is 1.88. The maximum atomic E-state index is 12.6. The molecule has 3 aromatic rings. The molecule has 8 heteroatoms. The first-order valence-electron chi connectivity index (χ1n) is 9.48. The highest BCUT2D eigenvalue weighted by Crippen LogP contribution is 2.39. The predicted molar refractivity (Wildman–Crippen MR) is 113 cm³/mol. The van der Waals surface area contributed by atoms with Gasteiger partial charge in [-0.25, -0.2) is 4.68 Å². The van der Waals surface area contributed by atoms with Crippen molar-refractivity contribution in [2.45, 2.75) is 19.4 Å². The van der Waals surface area contributed by atoms with E-state index in [1.165, 1.54) is 0 Å². The topological polar surface area (TPSA) is 94.5 Å². The molecule has 4 rings (SSSR count). The van der Waals surface area contributed by atoms with E-state index in [1.54, 1.807) is 43.2 Å². The zero-order valence-corrected chi connectivity index (χ0v) is 16.9. The lowest BCUT2D eigenvalue weighted by Crippen LogP contribution is -2.23. The number of hydrogen-bond donors (Lipinski definition) is 2. The van der Waals surface area contributed by atoms with Gasteiger partial charge in [0.05, 0.1) is 26.3 Å². The molecule has 1 aromatic heterocycles. The average Bonchev–Trinajstić information content (AvgIpc) is 3.22. The van der Waals surface area contributed by atoms with Crippen molar-refractivity contribution in [2.24, 2.45) is 0 Å². The van der Waals surface area contributed by atoms with Crippen LogP contribution < -0.4 is 20.1 Å². The molecule has 0 saturated heterocycles. The molecule has 1 aliphatic rings. The number of aryl methyl sites for hydroxylation is 1. The standard InChI is InChI=1S/C22H22N4O4/c1-13-20(14-5-4-6-17(11-14)30-3)21-24-22(28)18(26(21)25-13)12-19(27)23-15-7-9-16(29-2)10-8-15/h4-11,18H,12H2,1-3H3,(H,23,27)(H,24,28). The van der Waals surface area contributed by atoms with Crippen molar-refractivity contribution < 1.29 is 19.1 Å². The molecule has 2 N–H and O–H groups in total. The molecule has 0 radical (unpaired) electrons. The summed E-state index contributed by atoms with van der Waals surface area (Å²) < 4.78 is 12.0. The zero-order chi connectivity index (χ0) is 21.3. The van der Waals surface area contributed by atoms with E-state index < -0.39 is 6.04 Å². The number of benzene rings is 2. The number of ether oxygens (including phenoxy) is 2. The van der Waals surface area contributed by atoms with Crippen molar-refractivity contribution in [3.8, 4) is 22.6 Å². The molecule has 2 amide bonds. The van der Waals surface area contributed by atoms with Crippen LogP contribution in [0.4, 0.5) is 11.5 Å². The molecule has 1 aliphatic heterocycles. The van der Waals surface area contributed by atoms with E-state index in [4.69, 9.17) is 9.47 Å². The van der Waals surface area contributed by atoms with Gasteiger partial charge in [0.1, 0.15) is 23.4 Å². The molecule has 2 aromatic carbocycles. The number of carbonyl (C=O) groups is 2. The van der Waals surface area contributed by atoms with Gasteiger partial charge < -0.3 is 20.1 Å². The Morgan fingerprint density at radius 1 is 1.13 bits per heavy atom. The lowest BCUT2D eigenvalue weighted by atomic mass is 10.1. The number of amides is 2. The summed E-state index contributed by atoms with van der Waals surface area (Å²) in [7, 11) is 3.18. The summed E-state index contributed by atoms with van der Waals surface area (Å²) in [5.74, 6) is 1.47. The predicted octanol–water partition coefficient (Wildman–Crippen LogP) is 3.40.